The molecule has 0 bridgehead atoms. The lowest BCUT2D eigenvalue weighted by atomic mass is 10.0. The van der Waals surface area contributed by atoms with Crippen LogP contribution in [-0.2, 0) is 0 Å². The fourth-order valence-electron chi connectivity index (χ4n) is 1.62. The Morgan fingerprint density at radius 2 is 1.47 bits per heavy atom. The first-order valence-corrected chi connectivity index (χ1v) is 6.44. The van der Waals surface area contributed by atoms with E-state index in [4.69, 9.17) is 11.5 Å². The second kappa shape index (κ2) is 6.15. The van der Waals surface area contributed by atoms with Crippen LogP contribution in [0.3, 0.4) is 0 Å². The molecule has 5 heteroatoms. The van der Waals surface area contributed by atoms with Gasteiger partial charge in [0.25, 0.3) is 0 Å². The Labute approximate surface area is 120 Å². The van der Waals surface area contributed by atoms with Crippen molar-refractivity contribution in [3.63, 3.8) is 0 Å². The van der Waals surface area contributed by atoms with Gasteiger partial charge < -0.3 is 11.5 Å². The van der Waals surface area contributed by atoms with Crippen molar-refractivity contribution < 1.29 is 0 Å². The lowest BCUT2D eigenvalue weighted by Gasteiger charge is -2.07. The van der Waals surface area contributed by atoms with E-state index in [0.717, 1.165) is 15.6 Å². The quantitative estimate of drug-likeness (QED) is 0.518. The predicted octanol–water partition coefficient (Wildman–Crippen LogP) is 2.47. The number of hydrogen-bond donors (Lipinski definition) is 2. The maximum atomic E-state index is 5.34. The number of nitrogens with zero attached hydrogens (tertiary/aromatic N) is 2. The van der Waals surface area contributed by atoms with Gasteiger partial charge in [0, 0.05) is 15.6 Å². The van der Waals surface area contributed by atoms with Crippen LogP contribution in [0.2, 0.25) is 0 Å². The summed E-state index contributed by atoms with van der Waals surface area (Å²) in [5, 5.41) is 7.91. The number of hydrogen-bond acceptors (Lipinski definition) is 2. The largest absolute Gasteiger partial charge is 0.369 e. The van der Waals surface area contributed by atoms with Crippen LogP contribution in [0.5, 0.6) is 0 Å². The minimum absolute atomic E-state index is 0.0690. The molecule has 0 heterocycles. The minimum atomic E-state index is -0.0690. The zero-order chi connectivity index (χ0) is 13.7. The molecule has 19 heavy (non-hydrogen) atoms. The smallest absolute Gasteiger partial charge is 0.211 e. The van der Waals surface area contributed by atoms with Crippen molar-refractivity contribution in [3.8, 4) is 0 Å². The second-order valence-electron chi connectivity index (χ2n) is 3.82. The molecular formula is C14H13BrN4. The van der Waals surface area contributed by atoms with Gasteiger partial charge in [-0.3, -0.25) is 0 Å². The topological polar surface area (TPSA) is 76.8 Å². The van der Waals surface area contributed by atoms with Crippen molar-refractivity contribution in [1.29, 1.82) is 0 Å². The van der Waals surface area contributed by atoms with E-state index in [1.807, 2.05) is 54.6 Å². The highest BCUT2D eigenvalue weighted by molar-refractivity contribution is 9.10. The standard InChI is InChI=1S/C14H13BrN4/c15-12-9-5-4-8-11(12)13(18-19-14(16)17)10-6-2-1-3-7-10/h1-9H,(H4,16,17,19)/b18-13+. The van der Waals surface area contributed by atoms with Crippen LogP contribution in [0.4, 0.5) is 0 Å². The molecular weight excluding hydrogens is 304 g/mol. The van der Waals surface area contributed by atoms with Crippen LogP contribution in [0.15, 0.2) is 69.3 Å². The molecule has 0 radical (unpaired) electrons. The van der Waals surface area contributed by atoms with E-state index in [1.54, 1.807) is 0 Å². The van der Waals surface area contributed by atoms with E-state index in [1.165, 1.54) is 0 Å². The van der Waals surface area contributed by atoms with Crippen molar-refractivity contribution in [3.05, 3.63) is 70.2 Å². The molecule has 4 N–H and O–H groups in total. The van der Waals surface area contributed by atoms with Gasteiger partial charge in [-0.15, -0.1) is 10.2 Å². The van der Waals surface area contributed by atoms with Crippen LogP contribution in [0.25, 0.3) is 0 Å². The lowest BCUT2D eigenvalue weighted by Crippen LogP contribution is -2.22. The van der Waals surface area contributed by atoms with Crippen molar-refractivity contribution in [2.75, 3.05) is 0 Å². The number of nitrogens with two attached hydrogens (primary N) is 2. The zero-order valence-corrected chi connectivity index (χ0v) is 11.7. The number of rotatable bonds is 3. The Bertz CT molecular complexity index is 616. The first-order chi connectivity index (χ1) is 9.18. The molecule has 0 amide bonds. The summed E-state index contributed by atoms with van der Waals surface area (Å²) in [6, 6.07) is 17.5. The molecule has 0 aliphatic rings. The van der Waals surface area contributed by atoms with E-state index < -0.39 is 0 Å². The maximum Gasteiger partial charge on any atom is 0.211 e. The van der Waals surface area contributed by atoms with Gasteiger partial charge >= 0.3 is 0 Å². The lowest BCUT2D eigenvalue weighted by molar-refractivity contribution is 1.20. The van der Waals surface area contributed by atoms with Crippen LogP contribution >= 0.6 is 15.9 Å². The molecule has 0 saturated carbocycles. The zero-order valence-electron chi connectivity index (χ0n) is 10.1. The third-order valence-electron chi connectivity index (χ3n) is 2.44. The molecule has 2 rings (SSSR count). The Balaban J connectivity index is 2.57. The van der Waals surface area contributed by atoms with E-state index in [-0.39, 0.29) is 5.96 Å². The van der Waals surface area contributed by atoms with Crippen molar-refractivity contribution >= 4 is 27.6 Å². The number of benzene rings is 2. The molecule has 0 spiro atoms. The molecule has 0 unspecified atom stereocenters. The summed E-state index contributed by atoms with van der Waals surface area (Å²) in [6.45, 7) is 0. The SMILES string of the molecule is NC(N)=N/N=C(\c1ccccc1)c1ccccc1Br. The predicted molar refractivity (Wildman–Crippen MR) is 82.0 cm³/mol. The monoisotopic (exact) mass is 316 g/mol. The molecule has 0 saturated heterocycles. The first-order valence-electron chi connectivity index (χ1n) is 5.65. The molecule has 2 aromatic rings. The fourth-order valence-corrected chi connectivity index (χ4v) is 2.10. The minimum Gasteiger partial charge on any atom is -0.369 e. The van der Waals surface area contributed by atoms with Crippen LogP contribution < -0.4 is 11.5 Å². The van der Waals surface area contributed by atoms with Gasteiger partial charge in [0.2, 0.25) is 5.96 Å². The molecule has 2 aromatic carbocycles. The summed E-state index contributed by atoms with van der Waals surface area (Å²) in [6.07, 6.45) is 0. The highest BCUT2D eigenvalue weighted by Crippen LogP contribution is 2.20. The van der Waals surface area contributed by atoms with Gasteiger partial charge in [-0.25, -0.2) is 0 Å². The number of guanidine groups is 1. The highest BCUT2D eigenvalue weighted by Gasteiger charge is 2.09. The van der Waals surface area contributed by atoms with Crippen molar-refractivity contribution in [1.82, 2.24) is 0 Å². The molecule has 0 aliphatic heterocycles. The van der Waals surface area contributed by atoms with Crippen LogP contribution in [0, 0.1) is 0 Å². The van der Waals surface area contributed by atoms with Gasteiger partial charge in [-0.05, 0) is 6.07 Å². The van der Waals surface area contributed by atoms with E-state index in [0.29, 0.717) is 5.71 Å². The van der Waals surface area contributed by atoms with E-state index in [9.17, 15) is 0 Å². The third-order valence-corrected chi connectivity index (χ3v) is 3.13. The Kier molecular flexibility index (Phi) is 4.30. The summed E-state index contributed by atoms with van der Waals surface area (Å²) in [4.78, 5) is 0. The van der Waals surface area contributed by atoms with E-state index in [2.05, 4.69) is 26.1 Å². The molecule has 0 fully saturated rings. The fraction of sp³-hybridized carbons (Fsp3) is 0. The Morgan fingerprint density at radius 3 is 2.11 bits per heavy atom. The summed E-state index contributed by atoms with van der Waals surface area (Å²) >= 11 is 3.51. The van der Waals surface area contributed by atoms with Gasteiger partial charge in [0.15, 0.2) is 0 Å². The van der Waals surface area contributed by atoms with Crippen LogP contribution in [0.1, 0.15) is 11.1 Å². The Hall–Kier alpha value is -2.14. The summed E-state index contributed by atoms with van der Waals surface area (Å²) < 4.78 is 0.934. The maximum absolute atomic E-state index is 5.34. The number of halogens is 1. The molecule has 0 aliphatic carbocycles. The van der Waals surface area contributed by atoms with Crippen molar-refractivity contribution in [2.24, 2.45) is 21.7 Å². The molecule has 0 aromatic heterocycles. The normalized spacial score (nSPS) is 11.1. The van der Waals surface area contributed by atoms with Gasteiger partial charge in [0.1, 0.15) is 5.71 Å². The van der Waals surface area contributed by atoms with Gasteiger partial charge in [-0.1, -0.05) is 64.5 Å². The summed E-state index contributed by atoms with van der Waals surface area (Å²) in [5.41, 5.74) is 13.3. The first kappa shape index (κ1) is 13.3. The van der Waals surface area contributed by atoms with Gasteiger partial charge in [-0.2, -0.15) is 0 Å². The van der Waals surface area contributed by atoms with Crippen LogP contribution in [-0.4, -0.2) is 11.7 Å². The molecule has 4 nitrogen and oxygen atoms in total. The van der Waals surface area contributed by atoms with E-state index >= 15 is 0 Å². The molecule has 96 valence electrons. The highest BCUT2D eigenvalue weighted by atomic mass is 79.9. The Morgan fingerprint density at radius 1 is 0.842 bits per heavy atom. The average Bonchev–Trinajstić information content (AvgIpc) is 2.42. The average molecular weight is 317 g/mol. The van der Waals surface area contributed by atoms with Gasteiger partial charge in [0.05, 0.1) is 0 Å². The molecule has 0 atom stereocenters. The second-order valence-corrected chi connectivity index (χ2v) is 4.67. The third kappa shape index (κ3) is 3.42. The summed E-state index contributed by atoms with van der Waals surface area (Å²) in [5.74, 6) is -0.0690. The van der Waals surface area contributed by atoms with Crippen molar-refractivity contribution in [2.45, 2.75) is 0 Å². The summed E-state index contributed by atoms with van der Waals surface area (Å²) in [7, 11) is 0.